The lowest BCUT2D eigenvalue weighted by Crippen LogP contribution is -2.10. The molecule has 0 amide bonds. The van der Waals surface area contributed by atoms with E-state index >= 15 is 0 Å². The highest BCUT2D eigenvalue weighted by atomic mass is 16.1. The molecule has 4 heteroatoms. The molecule has 0 aliphatic carbocycles. The number of rotatable bonds is 1. The minimum atomic E-state index is 0.488. The van der Waals surface area contributed by atoms with Gasteiger partial charge in [0, 0.05) is 18.3 Å². The quantitative estimate of drug-likeness (QED) is 0.461. The summed E-state index contributed by atoms with van der Waals surface area (Å²) in [5.41, 5.74) is 1.18. The van der Waals surface area contributed by atoms with Crippen LogP contribution in [0, 0.1) is 0 Å². The molecule has 1 aliphatic rings. The van der Waals surface area contributed by atoms with Gasteiger partial charge in [-0.2, -0.15) is 5.10 Å². The van der Waals surface area contributed by atoms with E-state index in [-0.39, 0.29) is 0 Å². The van der Waals surface area contributed by atoms with Crippen LogP contribution in [-0.4, -0.2) is 15.9 Å². The second-order valence-corrected chi connectivity index (χ2v) is 2.88. The molecule has 1 aromatic rings. The highest BCUT2D eigenvalue weighted by Gasteiger charge is 2.10. The number of hydrogen-bond donors (Lipinski definition) is 0. The maximum Gasteiger partial charge on any atom is 0.242 e. The van der Waals surface area contributed by atoms with Crippen LogP contribution in [0.3, 0.4) is 0 Å². The van der Waals surface area contributed by atoms with Crippen LogP contribution in [0.15, 0.2) is 11.1 Å². The van der Waals surface area contributed by atoms with Crippen molar-refractivity contribution in [3.63, 3.8) is 0 Å². The third-order valence-electron chi connectivity index (χ3n) is 2.06. The highest BCUT2D eigenvalue weighted by molar-refractivity contribution is 5.44. The van der Waals surface area contributed by atoms with E-state index in [0.29, 0.717) is 5.82 Å². The minimum absolute atomic E-state index is 0.488. The van der Waals surface area contributed by atoms with Crippen LogP contribution >= 0.6 is 0 Å². The number of isocyanates is 1. The Morgan fingerprint density at radius 3 is 3.25 bits per heavy atom. The largest absolute Gasteiger partial charge is 0.267 e. The lowest BCUT2D eigenvalue weighted by atomic mass is 10.1. The maximum atomic E-state index is 9.95. The van der Waals surface area contributed by atoms with Gasteiger partial charge in [0.2, 0.25) is 6.08 Å². The number of aliphatic imine (C=N–C) groups is 1. The van der Waals surface area contributed by atoms with Gasteiger partial charge in [0.05, 0.1) is 0 Å². The van der Waals surface area contributed by atoms with Crippen LogP contribution in [0.5, 0.6) is 0 Å². The molecule has 0 bridgehead atoms. The molecule has 62 valence electrons. The van der Waals surface area contributed by atoms with Gasteiger partial charge < -0.3 is 0 Å². The Hall–Kier alpha value is -1.41. The van der Waals surface area contributed by atoms with Crippen molar-refractivity contribution in [2.75, 3.05) is 0 Å². The van der Waals surface area contributed by atoms with Gasteiger partial charge in [-0.15, -0.1) is 4.99 Å². The first kappa shape index (κ1) is 7.25. The van der Waals surface area contributed by atoms with Crippen molar-refractivity contribution in [2.45, 2.75) is 25.8 Å². The zero-order valence-corrected chi connectivity index (χ0v) is 6.66. The summed E-state index contributed by atoms with van der Waals surface area (Å²) in [6.45, 7) is 0.948. The normalized spacial score (nSPS) is 15.0. The molecule has 2 heterocycles. The van der Waals surface area contributed by atoms with Gasteiger partial charge >= 0.3 is 0 Å². The summed E-state index contributed by atoms with van der Waals surface area (Å²) in [4.78, 5) is 13.4. The Kier molecular flexibility index (Phi) is 1.76. The van der Waals surface area contributed by atoms with E-state index in [1.807, 2.05) is 10.7 Å². The second kappa shape index (κ2) is 2.91. The summed E-state index contributed by atoms with van der Waals surface area (Å²) in [7, 11) is 0. The summed E-state index contributed by atoms with van der Waals surface area (Å²) in [5.74, 6) is 0.488. The van der Waals surface area contributed by atoms with Gasteiger partial charge in [0.15, 0.2) is 5.82 Å². The van der Waals surface area contributed by atoms with E-state index in [1.54, 1.807) is 0 Å². The van der Waals surface area contributed by atoms with Gasteiger partial charge in [-0.1, -0.05) is 0 Å². The smallest absolute Gasteiger partial charge is 0.242 e. The molecular weight excluding hydrogens is 154 g/mol. The third kappa shape index (κ3) is 1.17. The SMILES string of the molecule is O=C=Nc1cc2n(n1)CCCC2. The molecule has 0 unspecified atom stereocenters. The monoisotopic (exact) mass is 163 g/mol. The van der Waals surface area contributed by atoms with Crippen molar-refractivity contribution >= 4 is 11.9 Å². The Bertz CT molecular complexity index is 313. The first-order valence-corrected chi connectivity index (χ1v) is 4.05. The summed E-state index contributed by atoms with van der Waals surface area (Å²) in [6.07, 6.45) is 4.91. The molecule has 0 spiro atoms. The number of carbonyl (C=O) groups excluding carboxylic acids is 1. The van der Waals surface area contributed by atoms with Crippen LogP contribution in [0.4, 0.5) is 5.82 Å². The number of fused-ring (bicyclic) bond motifs is 1. The summed E-state index contributed by atoms with van der Waals surface area (Å²) in [6, 6.07) is 1.85. The first-order chi connectivity index (χ1) is 5.90. The van der Waals surface area contributed by atoms with Gasteiger partial charge in [-0.05, 0) is 19.3 Å². The van der Waals surface area contributed by atoms with Crippen LogP contribution in [0.2, 0.25) is 0 Å². The van der Waals surface area contributed by atoms with E-state index in [1.165, 1.54) is 24.6 Å². The van der Waals surface area contributed by atoms with E-state index in [2.05, 4.69) is 10.1 Å². The van der Waals surface area contributed by atoms with Gasteiger partial charge in [-0.3, -0.25) is 4.68 Å². The minimum Gasteiger partial charge on any atom is -0.267 e. The molecule has 0 saturated heterocycles. The van der Waals surface area contributed by atoms with Crippen LogP contribution < -0.4 is 0 Å². The van der Waals surface area contributed by atoms with Crippen LogP contribution in [0.25, 0.3) is 0 Å². The fourth-order valence-corrected chi connectivity index (χ4v) is 1.50. The Balaban J connectivity index is 2.37. The average Bonchev–Trinajstić information content (AvgIpc) is 2.47. The molecule has 0 N–H and O–H groups in total. The van der Waals surface area contributed by atoms with E-state index < -0.39 is 0 Å². The summed E-state index contributed by atoms with van der Waals surface area (Å²) in [5, 5.41) is 4.13. The fraction of sp³-hybridized carbons (Fsp3) is 0.500. The zero-order valence-electron chi connectivity index (χ0n) is 6.66. The highest BCUT2D eigenvalue weighted by Crippen LogP contribution is 2.18. The summed E-state index contributed by atoms with van der Waals surface area (Å²) < 4.78 is 1.92. The molecule has 0 radical (unpaired) electrons. The zero-order chi connectivity index (χ0) is 8.39. The number of nitrogens with zero attached hydrogens (tertiary/aromatic N) is 3. The van der Waals surface area contributed by atoms with Gasteiger partial charge in [0.25, 0.3) is 0 Å². The van der Waals surface area contributed by atoms with E-state index in [4.69, 9.17) is 0 Å². The van der Waals surface area contributed by atoms with Crippen molar-refractivity contribution in [1.29, 1.82) is 0 Å². The molecule has 0 fully saturated rings. The van der Waals surface area contributed by atoms with Crippen LogP contribution in [0.1, 0.15) is 18.5 Å². The van der Waals surface area contributed by atoms with Gasteiger partial charge in [-0.25, -0.2) is 4.79 Å². The maximum absolute atomic E-state index is 9.95. The predicted molar refractivity (Wildman–Crippen MR) is 42.9 cm³/mol. The molecule has 1 aromatic heterocycles. The molecule has 0 aromatic carbocycles. The van der Waals surface area contributed by atoms with Crippen LogP contribution in [-0.2, 0) is 17.8 Å². The molecule has 2 rings (SSSR count). The Morgan fingerprint density at radius 1 is 1.58 bits per heavy atom. The molecule has 4 nitrogen and oxygen atoms in total. The topological polar surface area (TPSA) is 47.2 Å². The van der Waals surface area contributed by atoms with Gasteiger partial charge in [0.1, 0.15) is 0 Å². The van der Waals surface area contributed by atoms with E-state index in [0.717, 1.165) is 13.0 Å². The molecular formula is C8H9N3O. The molecule has 0 atom stereocenters. The standard InChI is InChI=1S/C8H9N3O/c12-6-9-8-5-7-3-1-2-4-11(7)10-8/h5H,1-4H2. The van der Waals surface area contributed by atoms with E-state index in [9.17, 15) is 4.79 Å². The van der Waals surface area contributed by atoms with Crippen molar-refractivity contribution in [3.05, 3.63) is 11.8 Å². The number of aryl methyl sites for hydroxylation is 2. The van der Waals surface area contributed by atoms with Crippen molar-refractivity contribution in [1.82, 2.24) is 9.78 Å². The number of aromatic nitrogens is 2. The molecule has 12 heavy (non-hydrogen) atoms. The van der Waals surface area contributed by atoms with Crippen molar-refractivity contribution < 1.29 is 4.79 Å². The second-order valence-electron chi connectivity index (χ2n) is 2.88. The Labute approximate surface area is 69.9 Å². The van der Waals surface area contributed by atoms with Crippen molar-refractivity contribution in [3.8, 4) is 0 Å². The Morgan fingerprint density at radius 2 is 2.50 bits per heavy atom. The average molecular weight is 163 g/mol. The first-order valence-electron chi connectivity index (χ1n) is 4.05. The van der Waals surface area contributed by atoms with Crippen molar-refractivity contribution in [2.24, 2.45) is 4.99 Å². The fourth-order valence-electron chi connectivity index (χ4n) is 1.50. The predicted octanol–water partition coefficient (Wildman–Crippen LogP) is 1.19. The number of hydrogen-bond acceptors (Lipinski definition) is 3. The summed E-state index contributed by atoms with van der Waals surface area (Å²) >= 11 is 0. The third-order valence-corrected chi connectivity index (χ3v) is 2.06. The lowest BCUT2D eigenvalue weighted by molar-refractivity contribution is 0.487. The molecule has 1 aliphatic heterocycles. The molecule has 0 saturated carbocycles. The lowest BCUT2D eigenvalue weighted by Gasteiger charge is -2.11.